The quantitative estimate of drug-likeness (QED) is 0.720. The van der Waals surface area contributed by atoms with Gasteiger partial charge in [0.15, 0.2) is 5.82 Å². The Labute approximate surface area is 146 Å². The second-order valence-corrected chi connectivity index (χ2v) is 6.21. The molecule has 4 nitrogen and oxygen atoms in total. The average molecular weight is 364 g/mol. The number of benzene rings is 1. The summed E-state index contributed by atoms with van der Waals surface area (Å²) < 4.78 is 37.9. The molecule has 0 amide bonds. The standard InChI is InChI=1S/C17H15F3N4S/c1-11-8-15(12-2-4-13(5-3-12)17(18,19)20)23-24-16(11)21-7-6-14-9-25-10-22-14/h2-5,8-10H,6-7H2,1H3,(H,21,24). The molecule has 0 aliphatic carbocycles. The van der Waals surface area contributed by atoms with Gasteiger partial charge in [-0.3, -0.25) is 0 Å². The monoisotopic (exact) mass is 364 g/mol. The molecular weight excluding hydrogens is 349 g/mol. The molecule has 25 heavy (non-hydrogen) atoms. The second-order valence-electron chi connectivity index (χ2n) is 5.49. The highest BCUT2D eigenvalue weighted by Gasteiger charge is 2.30. The smallest absolute Gasteiger partial charge is 0.368 e. The molecule has 1 aromatic carbocycles. The molecule has 0 unspecified atom stereocenters. The molecule has 3 aromatic rings. The SMILES string of the molecule is Cc1cc(-c2ccc(C(F)(F)F)cc2)nnc1NCCc1cscn1. The molecule has 2 heterocycles. The molecule has 8 heteroatoms. The number of anilines is 1. The van der Waals surface area contributed by atoms with Gasteiger partial charge in [-0.25, -0.2) is 4.98 Å². The molecule has 0 atom stereocenters. The first-order valence-electron chi connectivity index (χ1n) is 7.56. The topological polar surface area (TPSA) is 50.7 Å². The molecule has 0 spiro atoms. The van der Waals surface area contributed by atoms with Gasteiger partial charge in [0.2, 0.25) is 0 Å². The van der Waals surface area contributed by atoms with Crippen molar-refractivity contribution in [3.05, 3.63) is 58.0 Å². The van der Waals surface area contributed by atoms with E-state index in [1.54, 1.807) is 22.9 Å². The van der Waals surface area contributed by atoms with E-state index >= 15 is 0 Å². The van der Waals surface area contributed by atoms with E-state index in [1.165, 1.54) is 12.1 Å². The van der Waals surface area contributed by atoms with Crippen LogP contribution in [0.15, 0.2) is 41.2 Å². The maximum atomic E-state index is 12.6. The van der Waals surface area contributed by atoms with Crippen molar-refractivity contribution >= 4 is 17.2 Å². The predicted molar refractivity (Wildman–Crippen MR) is 91.5 cm³/mol. The lowest BCUT2D eigenvalue weighted by Crippen LogP contribution is -2.09. The van der Waals surface area contributed by atoms with Crippen LogP contribution in [0.5, 0.6) is 0 Å². The number of aromatic nitrogens is 3. The highest BCUT2D eigenvalue weighted by molar-refractivity contribution is 7.07. The van der Waals surface area contributed by atoms with Crippen molar-refractivity contribution in [2.75, 3.05) is 11.9 Å². The van der Waals surface area contributed by atoms with E-state index in [-0.39, 0.29) is 0 Å². The second kappa shape index (κ2) is 7.18. The maximum Gasteiger partial charge on any atom is 0.416 e. The highest BCUT2D eigenvalue weighted by atomic mass is 32.1. The summed E-state index contributed by atoms with van der Waals surface area (Å²) in [5.41, 5.74) is 4.14. The predicted octanol–water partition coefficient (Wildman–Crippen LogP) is 4.58. The summed E-state index contributed by atoms with van der Waals surface area (Å²) in [7, 11) is 0. The van der Waals surface area contributed by atoms with E-state index in [2.05, 4.69) is 20.5 Å². The van der Waals surface area contributed by atoms with Gasteiger partial charge in [0, 0.05) is 23.9 Å². The Kier molecular flexibility index (Phi) is 4.98. The van der Waals surface area contributed by atoms with Crippen molar-refractivity contribution in [2.45, 2.75) is 19.5 Å². The molecule has 130 valence electrons. The van der Waals surface area contributed by atoms with E-state index in [0.717, 1.165) is 29.8 Å². The largest absolute Gasteiger partial charge is 0.416 e. The number of alkyl halides is 3. The number of hydrogen-bond acceptors (Lipinski definition) is 5. The van der Waals surface area contributed by atoms with Crippen LogP contribution >= 0.6 is 11.3 Å². The highest BCUT2D eigenvalue weighted by Crippen LogP contribution is 2.30. The first-order valence-corrected chi connectivity index (χ1v) is 8.50. The third-order valence-corrected chi connectivity index (χ3v) is 4.28. The fourth-order valence-electron chi connectivity index (χ4n) is 2.30. The minimum absolute atomic E-state index is 0.538. The molecule has 3 rings (SSSR count). The number of thiazole rings is 1. The maximum absolute atomic E-state index is 12.6. The van der Waals surface area contributed by atoms with E-state index < -0.39 is 11.7 Å². The number of hydrogen-bond donors (Lipinski definition) is 1. The lowest BCUT2D eigenvalue weighted by atomic mass is 10.1. The summed E-state index contributed by atoms with van der Waals surface area (Å²) in [4.78, 5) is 4.21. The number of nitrogens with zero attached hydrogens (tertiary/aromatic N) is 3. The molecule has 0 aliphatic rings. The van der Waals surface area contributed by atoms with Crippen LogP contribution < -0.4 is 5.32 Å². The van der Waals surface area contributed by atoms with Gasteiger partial charge in [-0.05, 0) is 30.7 Å². The van der Waals surface area contributed by atoms with Crippen LogP contribution in [0.3, 0.4) is 0 Å². The molecular formula is C17H15F3N4S. The van der Waals surface area contributed by atoms with Gasteiger partial charge in [0.1, 0.15) is 0 Å². The van der Waals surface area contributed by atoms with Crippen molar-refractivity contribution in [3.8, 4) is 11.3 Å². The minimum atomic E-state index is -4.34. The van der Waals surface area contributed by atoms with Gasteiger partial charge < -0.3 is 5.32 Å². The molecule has 1 N–H and O–H groups in total. The normalized spacial score (nSPS) is 11.5. The third kappa shape index (κ3) is 4.33. The van der Waals surface area contributed by atoms with Crippen LogP contribution in [0.4, 0.5) is 19.0 Å². The fraction of sp³-hybridized carbons (Fsp3) is 0.235. The Hall–Kier alpha value is -2.48. The average Bonchev–Trinajstić information content (AvgIpc) is 3.09. The molecule has 0 fully saturated rings. The zero-order chi connectivity index (χ0) is 17.9. The van der Waals surface area contributed by atoms with E-state index in [4.69, 9.17) is 0 Å². The Morgan fingerprint density at radius 1 is 1.12 bits per heavy atom. The van der Waals surface area contributed by atoms with Crippen molar-refractivity contribution < 1.29 is 13.2 Å². The van der Waals surface area contributed by atoms with Crippen LogP contribution in [0.25, 0.3) is 11.3 Å². The third-order valence-electron chi connectivity index (χ3n) is 3.65. The Morgan fingerprint density at radius 2 is 1.88 bits per heavy atom. The Bertz CT molecular complexity index is 830. The van der Waals surface area contributed by atoms with Gasteiger partial charge in [-0.2, -0.15) is 13.2 Å². The fourth-order valence-corrected chi connectivity index (χ4v) is 2.89. The number of nitrogens with one attached hydrogen (secondary N) is 1. The van der Waals surface area contributed by atoms with Crippen LogP contribution in [-0.2, 0) is 12.6 Å². The summed E-state index contributed by atoms with van der Waals surface area (Å²) >= 11 is 1.55. The lowest BCUT2D eigenvalue weighted by molar-refractivity contribution is -0.137. The minimum Gasteiger partial charge on any atom is -0.368 e. The summed E-state index contributed by atoms with van der Waals surface area (Å²) in [6.45, 7) is 2.56. The zero-order valence-corrected chi connectivity index (χ0v) is 14.2. The van der Waals surface area contributed by atoms with Crippen LogP contribution in [0, 0.1) is 6.92 Å². The first kappa shape index (κ1) is 17.3. The van der Waals surface area contributed by atoms with Crippen LogP contribution in [0.1, 0.15) is 16.8 Å². The lowest BCUT2D eigenvalue weighted by Gasteiger charge is -2.10. The van der Waals surface area contributed by atoms with Crippen LogP contribution in [0.2, 0.25) is 0 Å². The number of halogens is 3. The van der Waals surface area contributed by atoms with Crippen molar-refractivity contribution in [1.29, 1.82) is 0 Å². The van der Waals surface area contributed by atoms with Crippen molar-refractivity contribution in [3.63, 3.8) is 0 Å². The van der Waals surface area contributed by atoms with Gasteiger partial charge in [-0.15, -0.1) is 21.5 Å². The molecule has 0 saturated heterocycles. The van der Waals surface area contributed by atoms with E-state index in [9.17, 15) is 13.2 Å². The molecule has 0 bridgehead atoms. The number of rotatable bonds is 5. The van der Waals surface area contributed by atoms with Gasteiger partial charge in [0.05, 0.1) is 22.5 Å². The van der Waals surface area contributed by atoms with Crippen LogP contribution in [-0.4, -0.2) is 21.7 Å². The Balaban J connectivity index is 1.68. The molecule has 0 aliphatic heterocycles. The zero-order valence-electron chi connectivity index (χ0n) is 13.3. The van der Waals surface area contributed by atoms with Gasteiger partial charge >= 0.3 is 6.18 Å². The summed E-state index contributed by atoms with van der Waals surface area (Å²) in [5.74, 6) is 0.658. The van der Waals surface area contributed by atoms with E-state index in [1.807, 2.05) is 12.3 Å². The molecule has 0 saturated carbocycles. The van der Waals surface area contributed by atoms with E-state index in [0.29, 0.717) is 23.6 Å². The summed E-state index contributed by atoms with van der Waals surface area (Å²) in [6, 6.07) is 6.71. The van der Waals surface area contributed by atoms with Crippen molar-refractivity contribution in [2.24, 2.45) is 0 Å². The van der Waals surface area contributed by atoms with Gasteiger partial charge in [0.25, 0.3) is 0 Å². The van der Waals surface area contributed by atoms with Gasteiger partial charge in [-0.1, -0.05) is 12.1 Å². The molecule has 2 aromatic heterocycles. The number of aryl methyl sites for hydroxylation is 1. The first-order chi connectivity index (χ1) is 11.9. The summed E-state index contributed by atoms with van der Waals surface area (Å²) in [6.07, 6.45) is -3.56. The van der Waals surface area contributed by atoms with Crippen molar-refractivity contribution in [1.82, 2.24) is 15.2 Å². The Morgan fingerprint density at radius 3 is 2.48 bits per heavy atom. The summed E-state index contributed by atoms with van der Waals surface area (Å²) in [5, 5.41) is 13.4. The molecule has 0 radical (unpaired) electrons.